The minimum Gasteiger partial charge on any atom is -0.385 e. The molecule has 3 aromatic rings. The first-order valence-corrected chi connectivity index (χ1v) is 7.51. The number of aliphatic hydroxyl groups excluding tert-OH is 1. The van der Waals surface area contributed by atoms with E-state index in [-0.39, 0.29) is 12.5 Å². The smallest absolute Gasteiger partial charge is 0.244 e. The van der Waals surface area contributed by atoms with Gasteiger partial charge in [0.05, 0.1) is 22.7 Å². The number of benzene rings is 2. The maximum absolute atomic E-state index is 12.4. The van der Waals surface area contributed by atoms with E-state index in [0.717, 1.165) is 11.0 Å². The lowest BCUT2D eigenvalue weighted by atomic mass is 10.2. The van der Waals surface area contributed by atoms with E-state index in [1.165, 1.54) is 0 Å². The van der Waals surface area contributed by atoms with E-state index < -0.39 is 6.10 Å². The summed E-state index contributed by atoms with van der Waals surface area (Å²) in [6.45, 7) is 1.64. The average molecular weight is 320 g/mol. The molecule has 6 nitrogen and oxygen atoms in total. The van der Waals surface area contributed by atoms with Gasteiger partial charge in [-0.3, -0.25) is 4.79 Å². The van der Waals surface area contributed by atoms with Gasteiger partial charge in [0, 0.05) is 5.69 Å². The van der Waals surface area contributed by atoms with Crippen LogP contribution in [0.25, 0.3) is 11.0 Å². The monoisotopic (exact) mass is 320 g/mol. The fourth-order valence-electron chi connectivity index (χ4n) is 2.59. The molecule has 1 amide bonds. The first-order chi connectivity index (χ1) is 11.6. The number of carbonyl (C=O) groups excluding carboxylic acids is 1. The summed E-state index contributed by atoms with van der Waals surface area (Å²) < 4.78 is 1.70. The number of aromatic nitrogens is 2. The quantitative estimate of drug-likeness (QED) is 0.773. The highest BCUT2D eigenvalue weighted by Crippen LogP contribution is 2.21. The topological polar surface area (TPSA) is 90.9 Å². The Bertz CT molecular complexity index is 938. The summed E-state index contributed by atoms with van der Waals surface area (Å²) in [5, 5.41) is 21.6. The second-order valence-corrected chi connectivity index (χ2v) is 5.46. The predicted molar refractivity (Wildman–Crippen MR) is 90.2 cm³/mol. The van der Waals surface area contributed by atoms with Crippen molar-refractivity contribution in [3.05, 3.63) is 59.9 Å². The van der Waals surface area contributed by atoms with E-state index >= 15 is 0 Å². The van der Waals surface area contributed by atoms with Crippen LogP contribution in [0.4, 0.5) is 5.69 Å². The number of carbonyl (C=O) groups is 1. The standard InChI is InChI=1S/C18H16N4O2/c1-12(23)18-21-15-7-2-3-8-16(15)22(18)11-17(24)20-14-6-4-5-13(9-14)10-19/h2-9,12,23H,11H2,1H3,(H,20,24)/t12-/m0/s1. The number of nitriles is 1. The molecule has 0 saturated carbocycles. The summed E-state index contributed by atoms with van der Waals surface area (Å²) in [4.78, 5) is 16.8. The highest BCUT2D eigenvalue weighted by atomic mass is 16.3. The Labute approximate surface area is 139 Å². The molecule has 6 heteroatoms. The van der Waals surface area contributed by atoms with Crippen LogP contribution in [-0.2, 0) is 11.3 Å². The third-order valence-electron chi connectivity index (χ3n) is 3.63. The van der Waals surface area contributed by atoms with Crippen molar-refractivity contribution in [2.45, 2.75) is 19.6 Å². The lowest BCUT2D eigenvalue weighted by Gasteiger charge is -2.11. The Morgan fingerprint density at radius 3 is 2.88 bits per heavy atom. The van der Waals surface area contributed by atoms with Gasteiger partial charge in [-0.15, -0.1) is 0 Å². The number of aliphatic hydroxyl groups is 1. The fraction of sp³-hybridized carbons (Fsp3) is 0.167. The van der Waals surface area contributed by atoms with Crippen molar-refractivity contribution in [1.82, 2.24) is 9.55 Å². The first-order valence-electron chi connectivity index (χ1n) is 7.51. The Hall–Kier alpha value is -3.17. The number of amides is 1. The van der Waals surface area contributed by atoms with E-state index in [9.17, 15) is 9.90 Å². The highest BCUT2D eigenvalue weighted by molar-refractivity contribution is 5.92. The molecule has 24 heavy (non-hydrogen) atoms. The molecule has 1 heterocycles. The normalized spacial score (nSPS) is 11.9. The number of imidazole rings is 1. The van der Waals surface area contributed by atoms with E-state index in [0.29, 0.717) is 17.1 Å². The van der Waals surface area contributed by atoms with E-state index in [1.54, 1.807) is 35.8 Å². The Morgan fingerprint density at radius 1 is 1.33 bits per heavy atom. The maximum atomic E-state index is 12.4. The SMILES string of the molecule is C[C@H](O)c1nc2ccccc2n1CC(=O)Nc1cccc(C#N)c1. The average Bonchev–Trinajstić information content (AvgIpc) is 2.94. The summed E-state index contributed by atoms with van der Waals surface area (Å²) in [6, 6.07) is 16.2. The molecule has 0 bridgehead atoms. The van der Waals surface area contributed by atoms with Crippen molar-refractivity contribution in [3.63, 3.8) is 0 Å². The summed E-state index contributed by atoms with van der Waals surface area (Å²) in [6.07, 6.45) is -0.785. The molecule has 0 radical (unpaired) electrons. The van der Waals surface area contributed by atoms with Gasteiger partial charge in [-0.25, -0.2) is 4.98 Å². The molecule has 0 aliphatic rings. The summed E-state index contributed by atoms with van der Waals surface area (Å²) in [7, 11) is 0. The number of fused-ring (bicyclic) bond motifs is 1. The van der Waals surface area contributed by atoms with E-state index in [2.05, 4.69) is 10.3 Å². The fourth-order valence-corrected chi connectivity index (χ4v) is 2.59. The largest absolute Gasteiger partial charge is 0.385 e. The molecule has 0 spiro atoms. The summed E-state index contributed by atoms with van der Waals surface area (Å²) >= 11 is 0. The van der Waals surface area contributed by atoms with Crippen LogP contribution >= 0.6 is 0 Å². The van der Waals surface area contributed by atoms with Gasteiger partial charge in [-0.1, -0.05) is 18.2 Å². The van der Waals surface area contributed by atoms with Crippen LogP contribution in [-0.4, -0.2) is 20.6 Å². The van der Waals surface area contributed by atoms with Crippen LogP contribution in [0.3, 0.4) is 0 Å². The third kappa shape index (κ3) is 3.12. The van der Waals surface area contributed by atoms with Crippen LogP contribution in [0.15, 0.2) is 48.5 Å². The first kappa shape index (κ1) is 15.7. The van der Waals surface area contributed by atoms with Gasteiger partial charge in [-0.2, -0.15) is 5.26 Å². The van der Waals surface area contributed by atoms with Gasteiger partial charge in [0.25, 0.3) is 0 Å². The van der Waals surface area contributed by atoms with Crippen LogP contribution in [0.1, 0.15) is 24.4 Å². The molecular weight excluding hydrogens is 304 g/mol. The van der Waals surface area contributed by atoms with Crippen LogP contribution in [0, 0.1) is 11.3 Å². The van der Waals surface area contributed by atoms with Crippen molar-refractivity contribution in [2.24, 2.45) is 0 Å². The number of hydrogen-bond donors (Lipinski definition) is 2. The van der Waals surface area contributed by atoms with Crippen LogP contribution in [0.2, 0.25) is 0 Å². The van der Waals surface area contributed by atoms with Crippen molar-refractivity contribution in [1.29, 1.82) is 5.26 Å². The molecule has 2 N–H and O–H groups in total. The molecule has 2 aromatic carbocycles. The molecule has 0 unspecified atom stereocenters. The molecule has 120 valence electrons. The lowest BCUT2D eigenvalue weighted by Crippen LogP contribution is -2.20. The Balaban J connectivity index is 1.87. The number of para-hydroxylation sites is 2. The van der Waals surface area contributed by atoms with E-state index in [4.69, 9.17) is 5.26 Å². The van der Waals surface area contributed by atoms with Crippen LogP contribution in [0.5, 0.6) is 0 Å². The van der Waals surface area contributed by atoms with Gasteiger partial charge in [-0.05, 0) is 37.3 Å². The Kier molecular flexibility index (Phi) is 4.27. The molecule has 0 fully saturated rings. The number of hydrogen-bond acceptors (Lipinski definition) is 4. The van der Waals surface area contributed by atoms with Gasteiger partial charge in [0.1, 0.15) is 18.5 Å². The van der Waals surface area contributed by atoms with Gasteiger partial charge in [0.2, 0.25) is 5.91 Å². The highest BCUT2D eigenvalue weighted by Gasteiger charge is 2.16. The second kappa shape index (κ2) is 6.52. The third-order valence-corrected chi connectivity index (χ3v) is 3.63. The number of rotatable bonds is 4. The zero-order chi connectivity index (χ0) is 17.1. The minimum absolute atomic E-state index is 0.0253. The van der Waals surface area contributed by atoms with Crippen molar-refractivity contribution < 1.29 is 9.90 Å². The molecule has 0 aliphatic heterocycles. The molecule has 1 aromatic heterocycles. The number of nitrogens with zero attached hydrogens (tertiary/aromatic N) is 3. The van der Waals surface area contributed by atoms with Crippen LogP contribution < -0.4 is 5.32 Å². The molecule has 0 saturated heterocycles. The van der Waals surface area contributed by atoms with E-state index in [1.807, 2.05) is 30.3 Å². The molecule has 3 rings (SSSR count). The zero-order valence-corrected chi connectivity index (χ0v) is 13.1. The lowest BCUT2D eigenvalue weighted by molar-refractivity contribution is -0.116. The summed E-state index contributed by atoms with van der Waals surface area (Å²) in [5.41, 5.74) is 2.55. The summed E-state index contributed by atoms with van der Waals surface area (Å²) in [5.74, 6) is 0.187. The zero-order valence-electron chi connectivity index (χ0n) is 13.1. The molecule has 0 aliphatic carbocycles. The number of anilines is 1. The van der Waals surface area contributed by atoms with Gasteiger partial charge >= 0.3 is 0 Å². The molecule has 1 atom stereocenters. The minimum atomic E-state index is -0.785. The van der Waals surface area contributed by atoms with Crippen molar-refractivity contribution in [2.75, 3.05) is 5.32 Å². The number of nitrogens with one attached hydrogen (secondary N) is 1. The van der Waals surface area contributed by atoms with Gasteiger partial charge < -0.3 is 15.0 Å². The molecular formula is C18H16N4O2. The maximum Gasteiger partial charge on any atom is 0.244 e. The van der Waals surface area contributed by atoms with Gasteiger partial charge in [0.15, 0.2) is 0 Å². The van der Waals surface area contributed by atoms with Crippen molar-refractivity contribution >= 4 is 22.6 Å². The second-order valence-electron chi connectivity index (χ2n) is 5.46. The predicted octanol–water partition coefficient (Wildman–Crippen LogP) is 2.60. The Morgan fingerprint density at radius 2 is 2.12 bits per heavy atom. The van der Waals surface area contributed by atoms with Crippen molar-refractivity contribution in [3.8, 4) is 6.07 Å².